The Morgan fingerprint density at radius 2 is 2.05 bits per heavy atom. The van der Waals surface area contributed by atoms with Crippen LogP contribution in [0.2, 0.25) is 0 Å². The second-order valence-electron chi connectivity index (χ2n) is 5.25. The lowest BCUT2D eigenvalue weighted by molar-refractivity contribution is 0.568. The second kappa shape index (κ2) is 6.26. The van der Waals surface area contributed by atoms with E-state index in [1.54, 1.807) is 11.3 Å². The van der Waals surface area contributed by atoms with Gasteiger partial charge in [0.05, 0.1) is 6.54 Å². The van der Waals surface area contributed by atoms with E-state index < -0.39 is 0 Å². The summed E-state index contributed by atoms with van der Waals surface area (Å²) in [5.74, 6) is 1.51. The molecule has 1 saturated heterocycles. The first-order valence-corrected chi connectivity index (χ1v) is 8.13. The maximum atomic E-state index is 5.82. The molecule has 112 valence electrons. The molecule has 1 fully saturated rings. The van der Waals surface area contributed by atoms with Gasteiger partial charge < -0.3 is 16.0 Å². The first-order chi connectivity index (χ1) is 10.2. The average molecular weight is 304 g/mol. The summed E-state index contributed by atoms with van der Waals surface area (Å²) in [7, 11) is 0. The van der Waals surface area contributed by atoms with Crippen molar-refractivity contribution < 1.29 is 0 Å². The fourth-order valence-electron chi connectivity index (χ4n) is 2.44. The number of aryl methyl sites for hydroxylation is 1. The van der Waals surface area contributed by atoms with Crippen LogP contribution in [0, 0.1) is 6.92 Å². The molecule has 3 N–H and O–H groups in total. The smallest absolute Gasteiger partial charge is 0.231 e. The molecule has 0 spiro atoms. The summed E-state index contributed by atoms with van der Waals surface area (Å²) in [6.07, 6.45) is 3.64. The molecule has 1 aliphatic heterocycles. The van der Waals surface area contributed by atoms with Crippen molar-refractivity contribution in [1.82, 2.24) is 15.0 Å². The Morgan fingerprint density at radius 1 is 1.24 bits per heavy atom. The van der Waals surface area contributed by atoms with Crippen LogP contribution in [0.4, 0.5) is 17.8 Å². The van der Waals surface area contributed by atoms with Gasteiger partial charge in [0.25, 0.3) is 0 Å². The zero-order valence-electron chi connectivity index (χ0n) is 12.2. The molecule has 3 rings (SSSR count). The topological polar surface area (TPSA) is 80.0 Å². The number of rotatable bonds is 4. The fraction of sp³-hybridized carbons (Fsp3) is 0.500. The van der Waals surface area contributed by atoms with Crippen LogP contribution in [-0.2, 0) is 6.54 Å². The largest absolute Gasteiger partial charge is 0.368 e. The van der Waals surface area contributed by atoms with Gasteiger partial charge in [0.15, 0.2) is 0 Å². The van der Waals surface area contributed by atoms with Crippen LogP contribution in [0.1, 0.15) is 29.7 Å². The Bertz CT molecular complexity index is 605. The molecule has 7 heteroatoms. The van der Waals surface area contributed by atoms with Crippen molar-refractivity contribution in [3.05, 3.63) is 21.9 Å². The molecule has 6 nitrogen and oxygen atoms in total. The minimum Gasteiger partial charge on any atom is -0.368 e. The molecule has 1 aliphatic rings. The summed E-state index contributed by atoms with van der Waals surface area (Å²) in [6, 6.07) is 2.11. The van der Waals surface area contributed by atoms with Gasteiger partial charge in [0.2, 0.25) is 17.8 Å². The Balaban J connectivity index is 1.73. The number of nitrogens with zero attached hydrogens (tertiary/aromatic N) is 4. The van der Waals surface area contributed by atoms with Gasteiger partial charge in [0, 0.05) is 18.0 Å². The van der Waals surface area contributed by atoms with Crippen LogP contribution in [0.3, 0.4) is 0 Å². The van der Waals surface area contributed by atoms with E-state index in [-0.39, 0.29) is 5.95 Å². The third-order valence-electron chi connectivity index (χ3n) is 3.66. The lowest BCUT2D eigenvalue weighted by Crippen LogP contribution is -2.31. The van der Waals surface area contributed by atoms with Gasteiger partial charge in [0.1, 0.15) is 0 Å². The highest BCUT2D eigenvalue weighted by Crippen LogP contribution is 2.19. The highest BCUT2D eigenvalue weighted by molar-refractivity contribution is 7.10. The molecule has 0 radical (unpaired) electrons. The summed E-state index contributed by atoms with van der Waals surface area (Å²) in [5, 5.41) is 5.34. The van der Waals surface area contributed by atoms with Gasteiger partial charge in [-0.1, -0.05) is 0 Å². The first kappa shape index (κ1) is 14.1. The second-order valence-corrected chi connectivity index (χ2v) is 6.25. The molecular weight excluding hydrogens is 284 g/mol. The van der Waals surface area contributed by atoms with E-state index in [2.05, 4.69) is 43.5 Å². The van der Waals surface area contributed by atoms with Crippen molar-refractivity contribution in [2.24, 2.45) is 0 Å². The summed E-state index contributed by atoms with van der Waals surface area (Å²) < 4.78 is 0. The molecular formula is C14H20N6S. The van der Waals surface area contributed by atoms with Crippen molar-refractivity contribution in [2.45, 2.75) is 32.7 Å². The maximum absolute atomic E-state index is 5.82. The molecule has 21 heavy (non-hydrogen) atoms. The van der Waals surface area contributed by atoms with Gasteiger partial charge in [-0.25, -0.2) is 0 Å². The maximum Gasteiger partial charge on any atom is 0.231 e. The number of piperidine rings is 1. The lowest BCUT2D eigenvalue weighted by atomic mass is 10.1. The van der Waals surface area contributed by atoms with Crippen LogP contribution in [0.25, 0.3) is 0 Å². The van der Waals surface area contributed by atoms with Crippen molar-refractivity contribution in [3.8, 4) is 0 Å². The summed E-state index contributed by atoms with van der Waals surface area (Å²) >= 11 is 1.73. The quantitative estimate of drug-likeness (QED) is 0.903. The number of nitrogens with one attached hydrogen (secondary N) is 1. The number of nitrogen functional groups attached to an aromatic ring is 1. The van der Waals surface area contributed by atoms with E-state index in [0.717, 1.165) is 13.1 Å². The summed E-state index contributed by atoms with van der Waals surface area (Å²) in [6.45, 7) is 4.81. The van der Waals surface area contributed by atoms with E-state index in [9.17, 15) is 0 Å². The van der Waals surface area contributed by atoms with Crippen LogP contribution >= 0.6 is 11.3 Å². The average Bonchev–Trinajstić information content (AvgIpc) is 2.91. The van der Waals surface area contributed by atoms with Crippen molar-refractivity contribution >= 4 is 29.2 Å². The number of hydrogen-bond acceptors (Lipinski definition) is 7. The van der Waals surface area contributed by atoms with Crippen LogP contribution in [0.15, 0.2) is 11.4 Å². The predicted octanol–water partition coefficient (Wildman–Crippen LogP) is 2.43. The van der Waals surface area contributed by atoms with E-state index in [4.69, 9.17) is 5.73 Å². The number of aromatic nitrogens is 3. The Hall–Kier alpha value is -1.89. The Kier molecular flexibility index (Phi) is 4.19. The van der Waals surface area contributed by atoms with Gasteiger partial charge in [-0.05, 0) is 43.2 Å². The summed E-state index contributed by atoms with van der Waals surface area (Å²) in [4.78, 5) is 16.4. The molecule has 0 saturated carbocycles. The predicted molar refractivity (Wildman–Crippen MR) is 86.7 cm³/mol. The third kappa shape index (κ3) is 3.41. The molecule has 0 atom stereocenters. The van der Waals surface area contributed by atoms with Gasteiger partial charge >= 0.3 is 0 Å². The van der Waals surface area contributed by atoms with Crippen LogP contribution in [0.5, 0.6) is 0 Å². The molecule has 0 unspecified atom stereocenters. The standard InChI is InChI=1S/C14H20N6S/c1-10-5-8-21-11(10)9-16-13-17-12(15)18-14(19-13)20-6-3-2-4-7-20/h5,8H,2-4,6-7,9H2,1H3,(H3,15,16,17,18,19). The van der Waals surface area contributed by atoms with E-state index in [1.165, 1.54) is 29.7 Å². The van der Waals surface area contributed by atoms with Crippen molar-refractivity contribution in [3.63, 3.8) is 0 Å². The summed E-state index contributed by atoms with van der Waals surface area (Å²) in [5.41, 5.74) is 7.10. The Morgan fingerprint density at radius 3 is 2.76 bits per heavy atom. The van der Waals surface area contributed by atoms with Gasteiger partial charge in [-0.3, -0.25) is 0 Å². The minimum absolute atomic E-state index is 0.274. The van der Waals surface area contributed by atoms with Crippen molar-refractivity contribution in [2.75, 3.05) is 29.0 Å². The van der Waals surface area contributed by atoms with E-state index in [0.29, 0.717) is 18.4 Å². The molecule has 2 aromatic rings. The first-order valence-electron chi connectivity index (χ1n) is 7.26. The van der Waals surface area contributed by atoms with E-state index >= 15 is 0 Å². The van der Waals surface area contributed by atoms with Crippen LogP contribution in [-0.4, -0.2) is 28.0 Å². The number of thiophene rings is 1. The van der Waals surface area contributed by atoms with Crippen molar-refractivity contribution in [1.29, 1.82) is 0 Å². The molecule has 0 bridgehead atoms. The number of nitrogens with two attached hydrogens (primary N) is 1. The Labute approximate surface area is 128 Å². The SMILES string of the molecule is Cc1ccsc1CNc1nc(N)nc(N2CCCCC2)n1. The third-order valence-corrected chi connectivity index (χ3v) is 4.68. The lowest BCUT2D eigenvalue weighted by Gasteiger charge is -2.26. The molecule has 0 aromatic carbocycles. The van der Waals surface area contributed by atoms with Crippen LogP contribution < -0.4 is 16.0 Å². The molecule has 3 heterocycles. The highest BCUT2D eigenvalue weighted by atomic mass is 32.1. The minimum atomic E-state index is 0.274. The normalized spacial score (nSPS) is 15.2. The van der Waals surface area contributed by atoms with Gasteiger partial charge in [-0.2, -0.15) is 15.0 Å². The molecule has 0 aliphatic carbocycles. The molecule has 0 amide bonds. The zero-order valence-corrected chi connectivity index (χ0v) is 13.0. The number of hydrogen-bond donors (Lipinski definition) is 2. The zero-order chi connectivity index (χ0) is 14.7. The molecule has 2 aromatic heterocycles. The number of anilines is 3. The monoisotopic (exact) mass is 304 g/mol. The fourth-order valence-corrected chi connectivity index (χ4v) is 3.29. The highest BCUT2D eigenvalue weighted by Gasteiger charge is 2.15. The van der Waals surface area contributed by atoms with E-state index in [1.807, 2.05) is 0 Å². The van der Waals surface area contributed by atoms with Gasteiger partial charge in [-0.15, -0.1) is 11.3 Å².